The molecule has 0 aromatic heterocycles. The lowest BCUT2D eigenvalue weighted by atomic mass is 10.0. The smallest absolute Gasteiger partial charge is 0.416 e. The van der Waals surface area contributed by atoms with E-state index in [0.29, 0.717) is 11.1 Å². The van der Waals surface area contributed by atoms with Gasteiger partial charge < -0.3 is 10.8 Å². The summed E-state index contributed by atoms with van der Waals surface area (Å²) in [5.74, 6) is -0.163. The van der Waals surface area contributed by atoms with Crippen LogP contribution in [0.25, 0.3) is 11.1 Å². The second-order valence-electron chi connectivity index (χ2n) is 5.98. The molecular formula is C19H15F3N2O3S. The highest BCUT2D eigenvalue weighted by atomic mass is 32.2. The van der Waals surface area contributed by atoms with Gasteiger partial charge in [-0.2, -0.15) is 13.2 Å². The van der Waals surface area contributed by atoms with Crippen LogP contribution in [-0.2, 0) is 16.2 Å². The van der Waals surface area contributed by atoms with Gasteiger partial charge in [0, 0.05) is 0 Å². The molecule has 0 fully saturated rings. The maximum Gasteiger partial charge on any atom is 0.416 e. The van der Waals surface area contributed by atoms with Crippen molar-refractivity contribution in [2.75, 3.05) is 10.5 Å². The first-order valence-electron chi connectivity index (χ1n) is 7.95. The maximum atomic E-state index is 12.6. The Hall–Kier alpha value is -3.20. The van der Waals surface area contributed by atoms with Crippen LogP contribution in [0.15, 0.2) is 71.6 Å². The van der Waals surface area contributed by atoms with E-state index < -0.39 is 21.8 Å². The number of phenols is 1. The molecule has 0 spiro atoms. The van der Waals surface area contributed by atoms with Crippen LogP contribution in [0.1, 0.15) is 5.56 Å². The lowest BCUT2D eigenvalue weighted by Crippen LogP contribution is -2.13. The van der Waals surface area contributed by atoms with E-state index in [4.69, 9.17) is 5.73 Å². The summed E-state index contributed by atoms with van der Waals surface area (Å²) in [6.07, 6.45) is -4.42. The fourth-order valence-electron chi connectivity index (χ4n) is 2.51. The Bertz CT molecular complexity index is 1090. The highest BCUT2D eigenvalue weighted by molar-refractivity contribution is 7.92. The van der Waals surface area contributed by atoms with E-state index in [1.54, 1.807) is 0 Å². The van der Waals surface area contributed by atoms with Crippen LogP contribution in [-0.4, -0.2) is 13.5 Å². The molecule has 28 heavy (non-hydrogen) atoms. The number of alkyl halides is 3. The van der Waals surface area contributed by atoms with Gasteiger partial charge in [0.05, 0.1) is 21.8 Å². The summed E-state index contributed by atoms with van der Waals surface area (Å²) in [4.78, 5) is -0.0326. The zero-order valence-corrected chi connectivity index (χ0v) is 15.1. The second kappa shape index (κ2) is 7.08. The molecule has 0 aliphatic carbocycles. The second-order valence-corrected chi connectivity index (χ2v) is 7.66. The predicted molar refractivity (Wildman–Crippen MR) is 100 cm³/mol. The van der Waals surface area contributed by atoms with Crippen LogP contribution < -0.4 is 10.5 Å². The molecule has 0 heterocycles. The van der Waals surface area contributed by atoms with Crippen LogP contribution in [0, 0.1) is 0 Å². The van der Waals surface area contributed by atoms with Crippen LogP contribution in [0.4, 0.5) is 24.5 Å². The number of aromatic hydroxyl groups is 1. The Labute approximate surface area is 159 Å². The molecule has 3 aromatic carbocycles. The minimum Gasteiger partial charge on any atom is -0.506 e. The lowest BCUT2D eigenvalue weighted by Gasteiger charge is -2.11. The molecule has 3 rings (SSSR count). The summed E-state index contributed by atoms with van der Waals surface area (Å²) < 4.78 is 65.2. The number of phenolic OH excluding ortho intramolecular Hbond substituents is 1. The van der Waals surface area contributed by atoms with Gasteiger partial charge in [-0.15, -0.1) is 0 Å². The first kappa shape index (κ1) is 19.6. The van der Waals surface area contributed by atoms with Gasteiger partial charge in [-0.3, -0.25) is 4.72 Å². The third-order valence-electron chi connectivity index (χ3n) is 3.99. The highest BCUT2D eigenvalue weighted by Crippen LogP contribution is 2.31. The average molecular weight is 408 g/mol. The molecular weight excluding hydrogens is 393 g/mol. The Morgan fingerprint density at radius 2 is 1.39 bits per heavy atom. The largest absolute Gasteiger partial charge is 0.506 e. The van der Waals surface area contributed by atoms with Gasteiger partial charge in [0.1, 0.15) is 5.75 Å². The normalized spacial score (nSPS) is 12.0. The number of nitrogens with two attached hydrogens (primary N) is 1. The molecule has 5 nitrogen and oxygen atoms in total. The SMILES string of the molecule is Nc1cc(NS(=O)(=O)c2ccc(-c3ccc(C(F)(F)F)cc3)cc2)ccc1O. The van der Waals surface area contributed by atoms with Crippen molar-refractivity contribution in [3.8, 4) is 16.9 Å². The summed E-state index contributed by atoms with van der Waals surface area (Å²) in [6.45, 7) is 0. The number of rotatable bonds is 4. The molecule has 0 unspecified atom stereocenters. The molecule has 0 aliphatic heterocycles. The maximum absolute atomic E-state index is 12.6. The van der Waals surface area contributed by atoms with E-state index in [9.17, 15) is 26.7 Å². The zero-order valence-electron chi connectivity index (χ0n) is 14.2. The minimum atomic E-state index is -4.42. The topological polar surface area (TPSA) is 92.4 Å². The Balaban J connectivity index is 1.82. The van der Waals surface area contributed by atoms with Crippen molar-refractivity contribution in [1.29, 1.82) is 0 Å². The first-order chi connectivity index (χ1) is 13.1. The molecule has 0 amide bonds. The summed E-state index contributed by atoms with van der Waals surface area (Å²) in [7, 11) is -3.90. The number of nitrogen functional groups attached to an aromatic ring is 1. The van der Waals surface area contributed by atoms with Crippen molar-refractivity contribution in [3.05, 3.63) is 72.3 Å². The van der Waals surface area contributed by atoms with Crippen molar-refractivity contribution >= 4 is 21.4 Å². The predicted octanol–water partition coefficient (Wildman–Crippen LogP) is 4.46. The average Bonchev–Trinajstić information content (AvgIpc) is 2.64. The molecule has 3 aromatic rings. The fourth-order valence-corrected chi connectivity index (χ4v) is 3.56. The van der Waals surface area contributed by atoms with E-state index in [1.165, 1.54) is 54.6 Å². The molecule has 4 N–H and O–H groups in total. The van der Waals surface area contributed by atoms with Gasteiger partial charge in [0.15, 0.2) is 0 Å². The number of hydrogen-bond acceptors (Lipinski definition) is 4. The minimum absolute atomic E-state index is 0.0258. The summed E-state index contributed by atoms with van der Waals surface area (Å²) in [5, 5.41) is 9.39. The summed E-state index contributed by atoms with van der Waals surface area (Å²) >= 11 is 0. The summed E-state index contributed by atoms with van der Waals surface area (Å²) in [5.41, 5.74) is 6.09. The molecule has 0 bridgehead atoms. The van der Waals surface area contributed by atoms with Gasteiger partial charge in [0.25, 0.3) is 10.0 Å². The quantitative estimate of drug-likeness (QED) is 0.338. The first-order valence-corrected chi connectivity index (χ1v) is 9.43. The fraction of sp³-hybridized carbons (Fsp3) is 0.0526. The monoisotopic (exact) mass is 408 g/mol. The van der Waals surface area contributed by atoms with E-state index >= 15 is 0 Å². The summed E-state index contributed by atoms with van der Waals surface area (Å²) in [6, 6.07) is 14.2. The molecule has 0 saturated carbocycles. The van der Waals surface area contributed by atoms with E-state index in [-0.39, 0.29) is 22.0 Å². The van der Waals surface area contributed by atoms with Crippen molar-refractivity contribution in [2.45, 2.75) is 11.1 Å². The lowest BCUT2D eigenvalue weighted by molar-refractivity contribution is -0.137. The third kappa shape index (κ3) is 4.20. The number of benzene rings is 3. The van der Waals surface area contributed by atoms with Gasteiger partial charge in [-0.05, 0) is 53.6 Å². The van der Waals surface area contributed by atoms with E-state index in [2.05, 4.69) is 4.72 Å². The van der Waals surface area contributed by atoms with E-state index in [1.807, 2.05) is 0 Å². The number of halogens is 3. The Morgan fingerprint density at radius 1 is 0.857 bits per heavy atom. The molecule has 9 heteroatoms. The van der Waals surface area contributed by atoms with E-state index in [0.717, 1.165) is 12.1 Å². The third-order valence-corrected chi connectivity index (χ3v) is 5.39. The van der Waals surface area contributed by atoms with Gasteiger partial charge >= 0.3 is 6.18 Å². The molecule has 0 aliphatic rings. The number of sulfonamides is 1. The molecule has 0 radical (unpaired) electrons. The number of nitrogens with one attached hydrogen (secondary N) is 1. The molecule has 0 saturated heterocycles. The van der Waals surface area contributed by atoms with Crippen LogP contribution in [0.3, 0.4) is 0 Å². The highest BCUT2D eigenvalue weighted by Gasteiger charge is 2.30. The van der Waals surface area contributed by atoms with Crippen LogP contribution in [0.2, 0.25) is 0 Å². The Kier molecular flexibility index (Phi) is 4.95. The van der Waals surface area contributed by atoms with Gasteiger partial charge in [-0.1, -0.05) is 24.3 Å². The Morgan fingerprint density at radius 3 is 1.89 bits per heavy atom. The number of hydrogen-bond donors (Lipinski definition) is 3. The van der Waals surface area contributed by atoms with Crippen molar-refractivity contribution in [3.63, 3.8) is 0 Å². The van der Waals surface area contributed by atoms with Crippen molar-refractivity contribution < 1.29 is 26.7 Å². The van der Waals surface area contributed by atoms with Gasteiger partial charge in [-0.25, -0.2) is 8.42 Å². The standard InChI is InChI=1S/C19H15F3N2O3S/c20-19(21,22)14-5-1-12(2-6-14)13-3-8-16(9-4-13)28(26,27)24-15-7-10-18(25)17(23)11-15/h1-11,24-25H,23H2. The van der Waals surface area contributed by atoms with Gasteiger partial charge in [0.2, 0.25) is 0 Å². The number of anilines is 2. The molecule has 0 atom stereocenters. The van der Waals surface area contributed by atoms with Crippen LogP contribution >= 0.6 is 0 Å². The zero-order chi connectivity index (χ0) is 20.5. The van der Waals surface area contributed by atoms with Crippen LogP contribution in [0.5, 0.6) is 5.75 Å². The van der Waals surface area contributed by atoms with Crippen molar-refractivity contribution in [2.24, 2.45) is 0 Å². The molecule has 146 valence electrons. The van der Waals surface area contributed by atoms with Crippen molar-refractivity contribution in [1.82, 2.24) is 0 Å².